The molecule has 7 nitrogen and oxygen atoms in total. The van der Waals surface area contributed by atoms with Crippen molar-refractivity contribution < 1.29 is 22.4 Å². The maximum atomic E-state index is 14.3. The lowest BCUT2D eigenvalue weighted by Gasteiger charge is -2.32. The Labute approximate surface area is 220 Å². The van der Waals surface area contributed by atoms with Gasteiger partial charge in [0, 0.05) is 25.6 Å². The quantitative estimate of drug-likeness (QED) is 0.436. The number of rotatable bonds is 12. The highest BCUT2D eigenvalue weighted by molar-refractivity contribution is 7.92. The van der Waals surface area contributed by atoms with E-state index >= 15 is 0 Å². The van der Waals surface area contributed by atoms with E-state index in [1.807, 2.05) is 38.1 Å². The molecule has 0 saturated heterocycles. The second-order valence-electron chi connectivity index (χ2n) is 9.75. The second kappa shape index (κ2) is 13.0. The molecule has 3 rings (SSSR count). The van der Waals surface area contributed by atoms with Crippen molar-refractivity contribution in [3.8, 4) is 0 Å². The van der Waals surface area contributed by atoms with Crippen molar-refractivity contribution in [1.29, 1.82) is 0 Å². The summed E-state index contributed by atoms with van der Waals surface area (Å²) in [6, 6.07) is 12.9. The Balaban J connectivity index is 1.77. The number of para-hydroxylation sites is 1. The number of nitrogens with one attached hydrogen (secondary N) is 1. The smallest absolute Gasteiger partial charge is 0.243 e. The van der Waals surface area contributed by atoms with Crippen LogP contribution in [0.3, 0.4) is 0 Å². The highest BCUT2D eigenvalue weighted by Crippen LogP contribution is 2.23. The molecule has 37 heavy (non-hydrogen) atoms. The van der Waals surface area contributed by atoms with Crippen molar-refractivity contribution in [3.63, 3.8) is 0 Å². The minimum absolute atomic E-state index is 0.0273. The van der Waals surface area contributed by atoms with Crippen LogP contribution in [0, 0.1) is 12.7 Å². The Bertz CT molecular complexity index is 1180. The molecule has 1 aliphatic rings. The number of amides is 2. The zero-order chi connectivity index (χ0) is 27.0. The van der Waals surface area contributed by atoms with Crippen molar-refractivity contribution in [2.24, 2.45) is 0 Å². The predicted octanol–water partition coefficient (Wildman–Crippen LogP) is 4.55. The zero-order valence-electron chi connectivity index (χ0n) is 22.0. The number of carbonyl (C=O) groups is 2. The van der Waals surface area contributed by atoms with Crippen molar-refractivity contribution in [3.05, 3.63) is 65.5 Å². The lowest BCUT2D eigenvalue weighted by molar-refractivity contribution is -0.141. The molecule has 1 fully saturated rings. The van der Waals surface area contributed by atoms with E-state index in [9.17, 15) is 22.4 Å². The lowest BCUT2D eigenvalue weighted by Crippen LogP contribution is -2.51. The summed E-state index contributed by atoms with van der Waals surface area (Å²) in [4.78, 5) is 28.4. The monoisotopic (exact) mass is 531 g/mol. The van der Waals surface area contributed by atoms with Gasteiger partial charge >= 0.3 is 0 Å². The number of aryl methyl sites for hydroxylation is 1. The number of sulfonamides is 1. The summed E-state index contributed by atoms with van der Waals surface area (Å²) < 4.78 is 40.1. The van der Waals surface area contributed by atoms with Crippen molar-refractivity contribution in [1.82, 2.24) is 10.2 Å². The van der Waals surface area contributed by atoms with Crippen LogP contribution in [0.1, 0.15) is 63.0 Å². The molecule has 2 aromatic rings. The summed E-state index contributed by atoms with van der Waals surface area (Å²) in [5.41, 5.74) is 1.93. The SMILES string of the molecule is CCC(C(=O)NC1CCCC1)N(Cc1ccccc1C)C(=O)CCCN(c1ccccc1F)S(C)(=O)=O. The summed E-state index contributed by atoms with van der Waals surface area (Å²) in [5, 5.41) is 3.13. The minimum atomic E-state index is -3.76. The Morgan fingerprint density at radius 3 is 2.35 bits per heavy atom. The van der Waals surface area contributed by atoms with Gasteiger partial charge in [-0.25, -0.2) is 12.8 Å². The van der Waals surface area contributed by atoms with E-state index in [1.54, 1.807) is 11.0 Å². The van der Waals surface area contributed by atoms with Gasteiger partial charge in [-0.05, 0) is 55.9 Å². The lowest BCUT2D eigenvalue weighted by atomic mass is 10.0. The van der Waals surface area contributed by atoms with Crippen molar-refractivity contribution in [2.75, 3.05) is 17.1 Å². The first-order valence-corrected chi connectivity index (χ1v) is 14.8. The Kier molecular flexibility index (Phi) is 10.1. The molecule has 0 heterocycles. The molecule has 0 spiro atoms. The van der Waals surface area contributed by atoms with Crippen LogP contribution >= 0.6 is 0 Å². The summed E-state index contributed by atoms with van der Waals surface area (Å²) in [5.74, 6) is -1.03. The van der Waals surface area contributed by atoms with Crippen LogP contribution in [-0.4, -0.2) is 50.0 Å². The van der Waals surface area contributed by atoms with Gasteiger partial charge in [0.2, 0.25) is 21.8 Å². The van der Waals surface area contributed by atoms with Crippen LogP contribution in [0.4, 0.5) is 10.1 Å². The van der Waals surface area contributed by atoms with Crippen molar-refractivity contribution in [2.45, 2.75) is 77.4 Å². The van der Waals surface area contributed by atoms with E-state index in [0.29, 0.717) is 6.42 Å². The van der Waals surface area contributed by atoms with Gasteiger partial charge in [-0.3, -0.25) is 13.9 Å². The van der Waals surface area contributed by atoms with Crippen LogP contribution in [0.15, 0.2) is 48.5 Å². The van der Waals surface area contributed by atoms with Gasteiger partial charge in [-0.15, -0.1) is 0 Å². The summed E-state index contributed by atoms with van der Waals surface area (Å²) in [6.07, 6.45) is 5.77. The summed E-state index contributed by atoms with van der Waals surface area (Å²) in [6.45, 7) is 4.09. The molecule has 202 valence electrons. The van der Waals surface area contributed by atoms with E-state index < -0.39 is 21.9 Å². The number of hydrogen-bond donors (Lipinski definition) is 1. The van der Waals surface area contributed by atoms with Gasteiger partial charge in [0.15, 0.2) is 0 Å². The van der Waals surface area contributed by atoms with Gasteiger partial charge in [0.25, 0.3) is 0 Å². The predicted molar refractivity (Wildman–Crippen MR) is 144 cm³/mol. The van der Waals surface area contributed by atoms with Crippen LogP contribution in [-0.2, 0) is 26.2 Å². The first-order valence-electron chi connectivity index (χ1n) is 13.0. The van der Waals surface area contributed by atoms with Gasteiger partial charge in [-0.2, -0.15) is 0 Å². The zero-order valence-corrected chi connectivity index (χ0v) is 22.8. The van der Waals surface area contributed by atoms with Crippen LogP contribution in [0.25, 0.3) is 0 Å². The number of halogens is 1. The molecule has 2 amide bonds. The third-order valence-electron chi connectivity index (χ3n) is 6.96. The Hall–Kier alpha value is -2.94. The van der Waals surface area contributed by atoms with Crippen LogP contribution < -0.4 is 9.62 Å². The first-order chi connectivity index (χ1) is 17.6. The number of carbonyl (C=O) groups excluding carboxylic acids is 2. The molecule has 0 bridgehead atoms. The highest BCUT2D eigenvalue weighted by atomic mass is 32.2. The minimum Gasteiger partial charge on any atom is -0.352 e. The molecule has 1 saturated carbocycles. The highest BCUT2D eigenvalue weighted by Gasteiger charge is 2.31. The summed E-state index contributed by atoms with van der Waals surface area (Å²) >= 11 is 0. The fraction of sp³-hybridized carbons (Fsp3) is 0.500. The molecule has 1 unspecified atom stereocenters. The third kappa shape index (κ3) is 7.77. The van der Waals surface area contributed by atoms with Gasteiger partial charge in [0.1, 0.15) is 11.9 Å². The van der Waals surface area contributed by atoms with Crippen LogP contribution in [0.2, 0.25) is 0 Å². The number of hydrogen-bond acceptors (Lipinski definition) is 4. The Morgan fingerprint density at radius 1 is 1.08 bits per heavy atom. The van der Waals surface area contributed by atoms with Crippen LogP contribution in [0.5, 0.6) is 0 Å². The number of benzene rings is 2. The average Bonchev–Trinajstić information content (AvgIpc) is 3.35. The van der Waals surface area contributed by atoms with E-state index in [2.05, 4.69) is 5.32 Å². The molecular formula is C28H38FN3O4S. The molecular weight excluding hydrogens is 493 g/mol. The molecule has 9 heteroatoms. The summed E-state index contributed by atoms with van der Waals surface area (Å²) in [7, 11) is -3.76. The fourth-order valence-electron chi connectivity index (χ4n) is 4.89. The maximum absolute atomic E-state index is 14.3. The van der Waals surface area contributed by atoms with Gasteiger partial charge in [-0.1, -0.05) is 56.2 Å². The number of anilines is 1. The third-order valence-corrected chi connectivity index (χ3v) is 8.14. The average molecular weight is 532 g/mol. The van der Waals surface area contributed by atoms with Gasteiger partial charge in [0.05, 0.1) is 11.9 Å². The second-order valence-corrected chi connectivity index (χ2v) is 11.7. The molecule has 0 radical (unpaired) electrons. The van der Waals surface area contributed by atoms with E-state index in [-0.39, 0.29) is 49.5 Å². The topological polar surface area (TPSA) is 86.8 Å². The Morgan fingerprint density at radius 2 is 1.73 bits per heavy atom. The molecule has 1 aliphatic carbocycles. The molecule has 2 aromatic carbocycles. The first kappa shape index (κ1) is 28.6. The van der Waals surface area contributed by atoms with Crippen molar-refractivity contribution >= 4 is 27.5 Å². The molecule has 1 N–H and O–H groups in total. The standard InChI is InChI=1S/C28H38FN3O4S/c1-4-25(28(34)30-23-14-7-8-15-23)31(20-22-13-6-5-12-21(22)2)27(33)18-11-19-32(37(3,35)36)26-17-10-9-16-24(26)29/h5-6,9-10,12-13,16-17,23,25H,4,7-8,11,14-15,18-20H2,1-3H3,(H,30,34). The molecule has 0 aromatic heterocycles. The molecule has 0 aliphatic heterocycles. The molecule has 1 atom stereocenters. The fourth-order valence-corrected chi connectivity index (χ4v) is 5.86. The van der Waals surface area contributed by atoms with E-state index in [1.165, 1.54) is 18.2 Å². The normalized spacial score (nSPS) is 14.8. The van der Waals surface area contributed by atoms with E-state index in [4.69, 9.17) is 0 Å². The maximum Gasteiger partial charge on any atom is 0.243 e. The largest absolute Gasteiger partial charge is 0.352 e. The van der Waals surface area contributed by atoms with Gasteiger partial charge < -0.3 is 10.2 Å². The number of nitrogens with zero attached hydrogens (tertiary/aromatic N) is 2. The van der Waals surface area contributed by atoms with E-state index in [0.717, 1.165) is 47.4 Å².